The Morgan fingerprint density at radius 1 is 1.12 bits per heavy atom. The molecule has 0 unspecified atom stereocenters. The summed E-state index contributed by atoms with van der Waals surface area (Å²) in [4.78, 5) is 12.0. The predicted molar refractivity (Wildman–Crippen MR) is 89.2 cm³/mol. The Balaban J connectivity index is 2.43. The van der Waals surface area contributed by atoms with Gasteiger partial charge in [-0.25, -0.2) is 9.18 Å². The van der Waals surface area contributed by atoms with Gasteiger partial charge in [-0.3, -0.25) is 0 Å². The molecule has 2 rings (SSSR count). The van der Waals surface area contributed by atoms with E-state index in [4.69, 9.17) is 18.8 Å². The zero-order valence-electron chi connectivity index (χ0n) is 15.1. The van der Waals surface area contributed by atoms with Crippen LogP contribution in [0.15, 0.2) is 12.1 Å². The van der Waals surface area contributed by atoms with E-state index in [1.54, 1.807) is 13.8 Å². The first-order valence-corrected chi connectivity index (χ1v) is 8.12. The van der Waals surface area contributed by atoms with Gasteiger partial charge in [0.25, 0.3) is 0 Å². The zero-order valence-corrected chi connectivity index (χ0v) is 15.1. The summed E-state index contributed by atoms with van der Waals surface area (Å²) in [6.45, 7) is 11.4. The highest BCUT2D eigenvalue weighted by Gasteiger charge is 2.52. The zero-order chi connectivity index (χ0) is 18.1. The van der Waals surface area contributed by atoms with E-state index in [1.807, 2.05) is 27.7 Å². The van der Waals surface area contributed by atoms with E-state index in [0.29, 0.717) is 0 Å². The van der Waals surface area contributed by atoms with Crippen molar-refractivity contribution < 1.29 is 28.0 Å². The summed E-state index contributed by atoms with van der Waals surface area (Å²) < 4.78 is 37.0. The van der Waals surface area contributed by atoms with Gasteiger partial charge in [-0.2, -0.15) is 0 Å². The number of rotatable bonds is 5. The van der Waals surface area contributed by atoms with Crippen molar-refractivity contribution in [2.45, 2.75) is 52.7 Å². The van der Waals surface area contributed by atoms with E-state index >= 15 is 0 Å². The van der Waals surface area contributed by atoms with Gasteiger partial charge in [-0.05, 0) is 47.6 Å². The second-order valence-corrected chi connectivity index (χ2v) is 6.59. The average molecular weight is 338 g/mol. The first kappa shape index (κ1) is 18.7. The molecule has 1 aromatic carbocycles. The molecule has 0 radical (unpaired) electrons. The van der Waals surface area contributed by atoms with E-state index in [9.17, 15) is 9.18 Å². The molecule has 1 aliphatic rings. The first-order valence-electron chi connectivity index (χ1n) is 8.12. The highest BCUT2D eigenvalue weighted by Crippen LogP contribution is 2.37. The molecule has 1 fully saturated rings. The van der Waals surface area contributed by atoms with Gasteiger partial charge < -0.3 is 18.8 Å². The lowest BCUT2D eigenvalue weighted by Gasteiger charge is -2.32. The highest BCUT2D eigenvalue weighted by atomic mass is 19.1. The lowest BCUT2D eigenvalue weighted by molar-refractivity contribution is 0.00578. The molecule has 5 nitrogen and oxygen atoms in total. The fourth-order valence-electron chi connectivity index (χ4n) is 2.38. The molecule has 0 amide bonds. The third kappa shape index (κ3) is 3.28. The largest absolute Gasteiger partial charge is 0.498 e. The number of hydrogen-bond donors (Lipinski definition) is 0. The Labute approximate surface area is 142 Å². The van der Waals surface area contributed by atoms with Crippen LogP contribution in [0.3, 0.4) is 0 Å². The van der Waals surface area contributed by atoms with E-state index in [2.05, 4.69) is 0 Å². The van der Waals surface area contributed by atoms with Gasteiger partial charge in [0.15, 0.2) is 11.6 Å². The minimum atomic E-state index is -0.870. The van der Waals surface area contributed by atoms with Gasteiger partial charge in [-0.15, -0.1) is 0 Å². The lowest BCUT2D eigenvalue weighted by atomic mass is 9.78. The van der Waals surface area contributed by atoms with Crippen molar-refractivity contribution in [1.29, 1.82) is 0 Å². The maximum absolute atomic E-state index is 15.0. The molecule has 132 valence electrons. The maximum atomic E-state index is 15.0. The number of esters is 1. The molecule has 0 aliphatic carbocycles. The van der Waals surface area contributed by atoms with Crippen molar-refractivity contribution in [3.05, 3.63) is 23.5 Å². The summed E-state index contributed by atoms with van der Waals surface area (Å²) >= 11 is 0. The fourth-order valence-corrected chi connectivity index (χ4v) is 2.38. The van der Waals surface area contributed by atoms with Crippen molar-refractivity contribution in [2.75, 3.05) is 13.2 Å². The summed E-state index contributed by atoms with van der Waals surface area (Å²) in [7, 11) is -0.870. The SMILES string of the molecule is CCOC(=O)c1ccc(B2OC(C)(C)C(C)(C)O2)c(F)c1OCC. The first-order chi connectivity index (χ1) is 11.1. The Hall–Kier alpha value is -1.60. The Bertz CT molecular complexity index is 614. The van der Waals surface area contributed by atoms with Crippen LogP contribution >= 0.6 is 0 Å². The van der Waals surface area contributed by atoms with Gasteiger partial charge in [0.2, 0.25) is 0 Å². The molecule has 0 atom stereocenters. The molecule has 0 bridgehead atoms. The Morgan fingerprint density at radius 3 is 2.21 bits per heavy atom. The van der Waals surface area contributed by atoms with Crippen molar-refractivity contribution >= 4 is 18.6 Å². The number of benzene rings is 1. The van der Waals surface area contributed by atoms with E-state index < -0.39 is 30.1 Å². The van der Waals surface area contributed by atoms with Crippen LogP contribution in [0.5, 0.6) is 5.75 Å². The summed E-state index contributed by atoms with van der Waals surface area (Å²) in [6.07, 6.45) is 0. The predicted octanol–water partition coefficient (Wildman–Crippen LogP) is 2.70. The highest BCUT2D eigenvalue weighted by molar-refractivity contribution is 6.62. The van der Waals surface area contributed by atoms with Crippen molar-refractivity contribution in [2.24, 2.45) is 0 Å². The number of halogens is 1. The Morgan fingerprint density at radius 2 is 1.71 bits per heavy atom. The van der Waals surface area contributed by atoms with E-state index in [1.165, 1.54) is 12.1 Å². The topological polar surface area (TPSA) is 54.0 Å². The van der Waals surface area contributed by atoms with Crippen LogP contribution in [0, 0.1) is 5.82 Å². The van der Waals surface area contributed by atoms with Gasteiger partial charge in [0, 0.05) is 5.46 Å². The van der Waals surface area contributed by atoms with Gasteiger partial charge >= 0.3 is 13.1 Å². The third-order valence-corrected chi connectivity index (χ3v) is 4.42. The van der Waals surface area contributed by atoms with Crippen molar-refractivity contribution in [3.63, 3.8) is 0 Å². The molecule has 0 spiro atoms. The van der Waals surface area contributed by atoms with Crippen LogP contribution in [0.1, 0.15) is 51.9 Å². The number of ether oxygens (including phenoxy) is 2. The normalized spacial score (nSPS) is 18.5. The van der Waals surface area contributed by atoms with Crippen LogP contribution in [-0.2, 0) is 14.0 Å². The van der Waals surface area contributed by atoms with Crippen LogP contribution in [0.4, 0.5) is 4.39 Å². The number of carbonyl (C=O) groups is 1. The molecule has 0 N–H and O–H groups in total. The van der Waals surface area contributed by atoms with Crippen molar-refractivity contribution in [1.82, 2.24) is 0 Å². The summed E-state index contributed by atoms with van der Waals surface area (Å²) in [6, 6.07) is 2.96. The third-order valence-electron chi connectivity index (χ3n) is 4.42. The molecule has 1 aromatic rings. The standard InChI is InChI=1S/C17H24BFO5/c1-7-21-14-11(15(20)22-8-2)9-10-12(13(14)19)18-23-16(3,4)17(5,6)24-18/h9-10H,7-8H2,1-6H3. The average Bonchev–Trinajstić information content (AvgIpc) is 2.69. The minimum Gasteiger partial charge on any atom is -0.490 e. The number of carbonyl (C=O) groups excluding carboxylic acids is 1. The molecular weight excluding hydrogens is 314 g/mol. The molecule has 0 saturated carbocycles. The second-order valence-electron chi connectivity index (χ2n) is 6.59. The quantitative estimate of drug-likeness (QED) is 0.610. The molecule has 24 heavy (non-hydrogen) atoms. The van der Waals surface area contributed by atoms with Crippen LogP contribution in [0.2, 0.25) is 0 Å². The lowest BCUT2D eigenvalue weighted by Crippen LogP contribution is -2.41. The fraction of sp³-hybridized carbons (Fsp3) is 0.588. The van der Waals surface area contributed by atoms with Crippen LogP contribution < -0.4 is 10.2 Å². The number of hydrogen-bond acceptors (Lipinski definition) is 5. The summed E-state index contributed by atoms with van der Waals surface area (Å²) in [5.74, 6) is -1.43. The second kappa shape index (κ2) is 6.72. The Kier molecular flexibility index (Phi) is 5.25. The molecule has 1 heterocycles. The van der Waals surface area contributed by atoms with E-state index in [0.717, 1.165) is 0 Å². The summed E-state index contributed by atoms with van der Waals surface area (Å²) in [5.41, 5.74) is -0.924. The smallest absolute Gasteiger partial charge is 0.490 e. The monoisotopic (exact) mass is 338 g/mol. The maximum Gasteiger partial charge on any atom is 0.498 e. The van der Waals surface area contributed by atoms with Gasteiger partial charge in [0.05, 0.1) is 24.4 Å². The van der Waals surface area contributed by atoms with Gasteiger partial charge in [-0.1, -0.05) is 6.07 Å². The van der Waals surface area contributed by atoms with Crippen LogP contribution in [-0.4, -0.2) is 37.5 Å². The minimum absolute atomic E-state index is 0.0523. The molecule has 1 saturated heterocycles. The van der Waals surface area contributed by atoms with E-state index in [-0.39, 0.29) is 30.0 Å². The summed E-state index contributed by atoms with van der Waals surface area (Å²) in [5, 5.41) is 0. The molecule has 0 aromatic heterocycles. The molecular formula is C17H24BFO5. The van der Waals surface area contributed by atoms with Crippen LogP contribution in [0.25, 0.3) is 0 Å². The molecule has 1 aliphatic heterocycles. The van der Waals surface area contributed by atoms with Gasteiger partial charge in [0.1, 0.15) is 5.56 Å². The van der Waals surface area contributed by atoms with Crippen molar-refractivity contribution in [3.8, 4) is 5.75 Å². The molecule has 7 heteroatoms.